The number of hydrogen-bond donors (Lipinski definition) is 2. The SMILES string of the molecule is Cc1cccc(NS(=O)(=O)Cc2ccc(N)cc2)c1C. The molecule has 0 aliphatic heterocycles. The highest BCUT2D eigenvalue weighted by Crippen LogP contribution is 2.20. The summed E-state index contributed by atoms with van der Waals surface area (Å²) in [4.78, 5) is 0. The Labute approximate surface area is 119 Å². The predicted molar refractivity (Wildman–Crippen MR) is 83.0 cm³/mol. The van der Waals surface area contributed by atoms with E-state index in [1.165, 1.54) is 0 Å². The molecule has 0 radical (unpaired) electrons. The minimum Gasteiger partial charge on any atom is -0.399 e. The average Bonchev–Trinajstić information content (AvgIpc) is 2.37. The van der Waals surface area contributed by atoms with E-state index >= 15 is 0 Å². The van der Waals surface area contributed by atoms with Gasteiger partial charge < -0.3 is 5.73 Å². The van der Waals surface area contributed by atoms with Crippen LogP contribution in [0.1, 0.15) is 16.7 Å². The van der Waals surface area contributed by atoms with Crippen LogP contribution < -0.4 is 10.5 Å². The fourth-order valence-electron chi connectivity index (χ4n) is 1.90. The summed E-state index contributed by atoms with van der Waals surface area (Å²) in [5.41, 5.74) is 9.53. The summed E-state index contributed by atoms with van der Waals surface area (Å²) in [7, 11) is -3.43. The Kier molecular flexibility index (Phi) is 3.99. The molecule has 0 saturated carbocycles. The standard InChI is InChI=1S/C15H18N2O2S/c1-11-4-3-5-15(12(11)2)17-20(18,19)10-13-6-8-14(16)9-7-13/h3-9,17H,10,16H2,1-2H3. The predicted octanol–water partition coefficient (Wildman–Crippen LogP) is 2.83. The normalized spacial score (nSPS) is 11.3. The molecule has 0 aromatic heterocycles. The van der Waals surface area contributed by atoms with E-state index in [4.69, 9.17) is 5.73 Å². The molecule has 0 amide bonds. The van der Waals surface area contributed by atoms with Crippen molar-refractivity contribution in [2.45, 2.75) is 19.6 Å². The van der Waals surface area contributed by atoms with Gasteiger partial charge in [0.2, 0.25) is 10.0 Å². The molecule has 0 aliphatic rings. The molecule has 0 bridgehead atoms. The summed E-state index contributed by atoms with van der Waals surface area (Å²) < 4.78 is 27.0. The van der Waals surface area contributed by atoms with Gasteiger partial charge in [0, 0.05) is 5.69 Å². The van der Waals surface area contributed by atoms with E-state index in [1.54, 1.807) is 30.3 Å². The molecule has 0 heterocycles. The summed E-state index contributed by atoms with van der Waals surface area (Å²) >= 11 is 0. The molecule has 4 nitrogen and oxygen atoms in total. The second-order valence-corrected chi connectivity index (χ2v) is 6.57. The Morgan fingerprint density at radius 1 is 1.05 bits per heavy atom. The average molecular weight is 290 g/mol. The third kappa shape index (κ3) is 3.51. The number of anilines is 2. The smallest absolute Gasteiger partial charge is 0.236 e. The lowest BCUT2D eigenvalue weighted by molar-refractivity contribution is 0.600. The minimum atomic E-state index is -3.43. The lowest BCUT2D eigenvalue weighted by atomic mass is 10.1. The van der Waals surface area contributed by atoms with Gasteiger partial charge in [-0.1, -0.05) is 24.3 Å². The Morgan fingerprint density at radius 2 is 1.70 bits per heavy atom. The van der Waals surface area contributed by atoms with Gasteiger partial charge >= 0.3 is 0 Å². The fourth-order valence-corrected chi connectivity index (χ4v) is 3.16. The molecule has 106 valence electrons. The first-order chi connectivity index (χ1) is 9.37. The van der Waals surface area contributed by atoms with Crippen LogP contribution in [0, 0.1) is 13.8 Å². The van der Waals surface area contributed by atoms with Gasteiger partial charge in [0.15, 0.2) is 0 Å². The lowest BCUT2D eigenvalue weighted by Crippen LogP contribution is -2.16. The maximum atomic E-state index is 12.2. The zero-order valence-corrected chi connectivity index (χ0v) is 12.4. The van der Waals surface area contributed by atoms with Gasteiger partial charge in [-0.25, -0.2) is 8.42 Å². The minimum absolute atomic E-state index is 0.0688. The highest BCUT2D eigenvalue weighted by Gasteiger charge is 2.13. The molecule has 0 saturated heterocycles. The van der Waals surface area contributed by atoms with Crippen LogP contribution in [0.4, 0.5) is 11.4 Å². The van der Waals surface area contributed by atoms with Crippen molar-refractivity contribution in [3.05, 3.63) is 59.2 Å². The Bertz CT molecular complexity index is 707. The van der Waals surface area contributed by atoms with Gasteiger partial charge in [-0.15, -0.1) is 0 Å². The van der Waals surface area contributed by atoms with Gasteiger partial charge in [0.25, 0.3) is 0 Å². The van der Waals surface area contributed by atoms with Crippen molar-refractivity contribution >= 4 is 21.4 Å². The zero-order chi connectivity index (χ0) is 14.8. The van der Waals surface area contributed by atoms with Crippen LogP contribution in [0.15, 0.2) is 42.5 Å². The van der Waals surface area contributed by atoms with E-state index in [9.17, 15) is 8.42 Å². The van der Waals surface area contributed by atoms with Crippen LogP contribution in [0.25, 0.3) is 0 Å². The van der Waals surface area contributed by atoms with Crippen LogP contribution in [0.3, 0.4) is 0 Å². The summed E-state index contributed by atoms with van der Waals surface area (Å²) in [6, 6.07) is 12.4. The Hall–Kier alpha value is -2.01. The lowest BCUT2D eigenvalue weighted by Gasteiger charge is -2.12. The number of sulfonamides is 1. The van der Waals surface area contributed by atoms with Crippen LogP contribution in [0.5, 0.6) is 0 Å². The number of benzene rings is 2. The molecule has 0 unspecified atom stereocenters. The molecule has 0 aliphatic carbocycles. The highest BCUT2D eigenvalue weighted by molar-refractivity contribution is 7.91. The molecule has 0 atom stereocenters. The fraction of sp³-hybridized carbons (Fsp3) is 0.200. The zero-order valence-electron chi connectivity index (χ0n) is 11.6. The van der Waals surface area contributed by atoms with Gasteiger partial charge in [0.1, 0.15) is 0 Å². The molecular formula is C15H18N2O2S. The van der Waals surface area contributed by atoms with Crippen molar-refractivity contribution in [2.75, 3.05) is 10.5 Å². The Balaban J connectivity index is 2.19. The van der Waals surface area contributed by atoms with E-state index in [2.05, 4.69) is 4.72 Å². The number of nitrogens with two attached hydrogens (primary N) is 1. The molecule has 2 aromatic rings. The molecule has 5 heteroatoms. The van der Waals surface area contributed by atoms with Crippen molar-refractivity contribution in [2.24, 2.45) is 0 Å². The number of rotatable bonds is 4. The van der Waals surface area contributed by atoms with E-state index < -0.39 is 10.0 Å². The van der Waals surface area contributed by atoms with Crippen molar-refractivity contribution in [3.63, 3.8) is 0 Å². The van der Waals surface area contributed by atoms with Crippen LogP contribution in [0.2, 0.25) is 0 Å². The molecule has 0 fully saturated rings. The third-order valence-corrected chi connectivity index (χ3v) is 4.45. The number of aryl methyl sites for hydroxylation is 1. The number of nitrogen functional groups attached to an aromatic ring is 1. The second-order valence-electron chi connectivity index (χ2n) is 4.85. The van der Waals surface area contributed by atoms with Crippen molar-refractivity contribution in [1.29, 1.82) is 0 Å². The first kappa shape index (κ1) is 14.4. The maximum Gasteiger partial charge on any atom is 0.236 e. The van der Waals surface area contributed by atoms with Crippen LogP contribution >= 0.6 is 0 Å². The van der Waals surface area contributed by atoms with Crippen molar-refractivity contribution in [1.82, 2.24) is 0 Å². The molecule has 0 spiro atoms. The molecule has 2 rings (SSSR count). The van der Waals surface area contributed by atoms with E-state index in [0.29, 0.717) is 16.9 Å². The van der Waals surface area contributed by atoms with Gasteiger partial charge in [0.05, 0.1) is 11.4 Å². The second kappa shape index (κ2) is 5.54. The van der Waals surface area contributed by atoms with E-state index in [-0.39, 0.29) is 5.75 Å². The summed E-state index contributed by atoms with van der Waals surface area (Å²) in [6.07, 6.45) is 0. The van der Waals surface area contributed by atoms with Gasteiger partial charge in [-0.2, -0.15) is 0 Å². The summed E-state index contributed by atoms with van der Waals surface area (Å²) in [5, 5.41) is 0. The first-order valence-electron chi connectivity index (χ1n) is 6.28. The van der Waals surface area contributed by atoms with Gasteiger partial charge in [-0.05, 0) is 48.7 Å². The van der Waals surface area contributed by atoms with E-state index in [1.807, 2.05) is 26.0 Å². The van der Waals surface area contributed by atoms with Crippen LogP contribution in [-0.2, 0) is 15.8 Å². The summed E-state index contributed by atoms with van der Waals surface area (Å²) in [6.45, 7) is 3.85. The van der Waals surface area contributed by atoms with Gasteiger partial charge in [-0.3, -0.25) is 4.72 Å². The molecule has 3 N–H and O–H groups in total. The number of hydrogen-bond acceptors (Lipinski definition) is 3. The van der Waals surface area contributed by atoms with Crippen molar-refractivity contribution in [3.8, 4) is 0 Å². The summed E-state index contributed by atoms with van der Waals surface area (Å²) in [5.74, 6) is -0.0688. The van der Waals surface area contributed by atoms with Crippen molar-refractivity contribution < 1.29 is 8.42 Å². The van der Waals surface area contributed by atoms with E-state index in [0.717, 1.165) is 11.1 Å². The molecule has 2 aromatic carbocycles. The maximum absolute atomic E-state index is 12.2. The molecular weight excluding hydrogens is 272 g/mol. The van der Waals surface area contributed by atoms with Crippen LogP contribution in [-0.4, -0.2) is 8.42 Å². The number of nitrogens with one attached hydrogen (secondary N) is 1. The monoisotopic (exact) mass is 290 g/mol. The quantitative estimate of drug-likeness (QED) is 0.850. The Morgan fingerprint density at radius 3 is 2.35 bits per heavy atom. The largest absolute Gasteiger partial charge is 0.399 e. The topological polar surface area (TPSA) is 72.2 Å². The third-order valence-electron chi connectivity index (χ3n) is 3.21. The molecule has 20 heavy (non-hydrogen) atoms. The highest BCUT2D eigenvalue weighted by atomic mass is 32.2. The first-order valence-corrected chi connectivity index (χ1v) is 7.94.